The van der Waals surface area contributed by atoms with Crippen LogP contribution in [0.1, 0.15) is 6.42 Å². The molecule has 0 atom stereocenters. The maximum Gasteiger partial charge on any atom is 0.265 e. The average molecular weight is 283 g/mol. The number of benzene rings is 1. The molecule has 0 bridgehead atoms. The van der Waals surface area contributed by atoms with Crippen molar-refractivity contribution in [2.45, 2.75) is 11.3 Å². The van der Waals surface area contributed by atoms with Crippen LogP contribution >= 0.6 is 10.7 Å². The van der Waals surface area contributed by atoms with Crippen molar-refractivity contribution in [2.24, 2.45) is 0 Å². The monoisotopic (exact) mass is 282 g/mol. The van der Waals surface area contributed by atoms with E-state index in [-0.39, 0.29) is 17.3 Å². The summed E-state index contributed by atoms with van der Waals surface area (Å²) in [4.78, 5) is -0.364. The molecule has 0 radical (unpaired) electrons. The zero-order valence-electron chi connectivity index (χ0n) is 9.15. The van der Waals surface area contributed by atoms with Crippen LogP contribution in [0.4, 0.5) is 4.39 Å². The fourth-order valence-corrected chi connectivity index (χ4v) is 2.16. The van der Waals surface area contributed by atoms with Gasteiger partial charge in [-0.15, -0.1) is 0 Å². The van der Waals surface area contributed by atoms with E-state index in [4.69, 9.17) is 20.2 Å². The molecule has 7 heteroatoms. The summed E-state index contributed by atoms with van der Waals surface area (Å²) in [5.41, 5.74) is 0. The van der Waals surface area contributed by atoms with Gasteiger partial charge in [0.25, 0.3) is 9.05 Å². The topological polar surface area (TPSA) is 52.6 Å². The van der Waals surface area contributed by atoms with E-state index in [2.05, 4.69) is 0 Å². The number of ether oxygens (including phenoxy) is 2. The summed E-state index contributed by atoms with van der Waals surface area (Å²) in [6, 6.07) is 3.17. The van der Waals surface area contributed by atoms with E-state index in [1.165, 1.54) is 6.07 Å². The van der Waals surface area contributed by atoms with Gasteiger partial charge in [-0.2, -0.15) is 0 Å². The SMILES string of the molecule is COCCCOc1ccc(F)cc1S(=O)(=O)Cl. The summed E-state index contributed by atoms with van der Waals surface area (Å²) < 4.78 is 45.3. The highest BCUT2D eigenvalue weighted by atomic mass is 35.7. The average Bonchev–Trinajstić information content (AvgIpc) is 2.25. The number of halogens is 2. The smallest absolute Gasteiger partial charge is 0.265 e. The van der Waals surface area contributed by atoms with Crippen LogP contribution in [-0.2, 0) is 13.8 Å². The lowest BCUT2D eigenvalue weighted by Gasteiger charge is -2.09. The second kappa shape index (κ2) is 6.18. The second-order valence-electron chi connectivity index (χ2n) is 3.22. The molecule has 0 saturated carbocycles. The van der Waals surface area contributed by atoms with Crippen LogP contribution in [-0.4, -0.2) is 28.7 Å². The largest absolute Gasteiger partial charge is 0.492 e. The predicted molar refractivity (Wildman–Crippen MR) is 61.4 cm³/mol. The van der Waals surface area contributed by atoms with Crippen LogP contribution in [0.5, 0.6) is 5.75 Å². The summed E-state index contributed by atoms with van der Waals surface area (Å²) in [5, 5.41) is 0. The molecule has 0 N–H and O–H groups in total. The Morgan fingerprint density at radius 1 is 1.35 bits per heavy atom. The summed E-state index contributed by atoms with van der Waals surface area (Å²) in [7, 11) is 2.70. The van der Waals surface area contributed by atoms with Gasteiger partial charge in [0.2, 0.25) is 0 Å². The van der Waals surface area contributed by atoms with E-state index in [9.17, 15) is 12.8 Å². The van der Waals surface area contributed by atoms with Crippen molar-refractivity contribution in [2.75, 3.05) is 20.3 Å². The predicted octanol–water partition coefficient (Wildman–Crippen LogP) is 2.17. The van der Waals surface area contributed by atoms with Gasteiger partial charge in [-0.25, -0.2) is 12.8 Å². The maximum atomic E-state index is 12.9. The van der Waals surface area contributed by atoms with Crippen molar-refractivity contribution < 1.29 is 22.3 Å². The zero-order valence-corrected chi connectivity index (χ0v) is 10.7. The Morgan fingerprint density at radius 2 is 2.06 bits per heavy atom. The Balaban J connectivity index is 2.84. The fourth-order valence-electron chi connectivity index (χ4n) is 1.18. The minimum absolute atomic E-state index is 0.0394. The van der Waals surface area contributed by atoms with Crippen molar-refractivity contribution in [3.05, 3.63) is 24.0 Å². The van der Waals surface area contributed by atoms with E-state index >= 15 is 0 Å². The normalized spacial score (nSPS) is 11.5. The molecule has 0 aliphatic heterocycles. The third-order valence-electron chi connectivity index (χ3n) is 1.92. The van der Waals surface area contributed by atoms with Gasteiger partial charge in [-0.05, 0) is 18.2 Å². The molecule has 0 fully saturated rings. The standard InChI is InChI=1S/C10H12ClFO4S/c1-15-5-2-6-16-9-4-3-8(12)7-10(9)17(11,13)14/h3-4,7H,2,5-6H2,1H3. The molecule has 1 aromatic rings. The molecule has 0 unspecified atom stereocenters. The summed E-state index contributed by atoms with van der Waals surface area (Å²) >= 11 is 0. The summed E-state index contributed by atoms with van der Waals surface area (Å²) in [5.74, 6) is -0.647. The van der Waals surface area contributed by atoms with Crippen LogP contribution in [0.25, 0.3) is 0 Å². The molecule has 1 rings (SSSR count). The number of hydrogen-bond acceptors (Lipinski definition) is 4. The van der Waals surface area contributed by atoms with Gasteiger partial charge in [0.15, 0.2) is 0 Å². The minimum atomic E-state index is -4.02. The first-order chi connectivity index (χ1) is 7.95. The van der Waals surface area contributed by atoms with Crippen LogP contribution in [0.15, 0.2) is 23.1 Å². The highest BCUT2D eigenvalue weighted by molar-refractivity contribution is 8.13. The Kier molecular flexibility index (Phi) is 5.17. The summed E-state index contributed by atoms with van der Waals surface area (Å²) in [6.45, 7) is 0.753. The molecule has 0 heterocycles. The van der Waals surface area contributed by atoms with Gasteiger partial charge in [-0.3, -0.25) is 0 Å². The van der Waals surface area contributed by atoms with Crippen molar-refractivity contribution in [3.8, 4) is 5.75 Å². The lowest BCUT2D eigenvalue weighted by atomic mass is 10.3. The number of rotatable bonds is 6. The highest BCUT2D eigenvalue weighted by Gasteiger charge is 2.17. The molecule has 0 amide bonds. The molecule has 0 aromatic heterocycles. The molecular formula is C10H12ClFO4S. The third kappa shape index (κ3) is 4.49. The van der Waals surface area contributed by atoms with Crippen LogP contribution in [0, 0.1) is 5.82 Å². The van der Waals surface area contributed by atoms with Crippen molar-refractivity contribution in [3.63, 3.8) is 0 Å². The minimum Gasteiger partial charge on any atom is -0.492 e. The molecule has 96 valence electrons. The zero-order chi connectivity index (χ0) is 12.9. The molecule has 1 aromatic carbocycles. The van der Waals surface area contributed by atoms with Gasteiger partial charge >= 0.3 is 0 Å². The van der Waals surface area contributed by atoms with E-state index in [1.54, 1.807) is 7.11 Å². The second-order valence-corrected chi connectivity index (χ2v) is 5.76. The van der Waals surface area contributed by atoms with Gasteiger partial charge in [-0.1, -0.05) is 0 Å². The lowest BCUT2D eigenvalue weighted by molar-refractivity contribution is 0.171. The first-order valence-electron chi connectivity index (χ1n) is 4.81. The van der Waals surface area contributed by atoms with E-state index in [0.717, 1.165) is 12.1 Å². The summed E-state index contributed by atoms with van der Waals surface area (Å²) in [6.07, 6.45) is 0.593. The molecule has 4 nitrogen and oxygen atoms in total. The first-order valence-corrected chi connectivity index (χ1v) is 7.12. The van der Waals surface area contributed by atoms with E-state index in [0.29, 0.717) is 13.0 Å². The lowest BCUT2D eigenvalue weighted by Crippen LogP contribution is -2.04. The Hall–Kier alpha value is -0.850. The molecule has 0 saturated heterocycles. The molecule has 0 aliphatic carbocycles. The molecule has 0 aliphatic rings. The third-order valence-corrected chi connectivity index (χ3v) is 3.26. The quantitative estimate of drug-likeness (QED) is 0.593. The molecular weight excluding hydrogens is 271 g/mol. The van der Waals surface area contributed by atoms with Crippen LogP contribution in [0.2, 0.25) is 0 Å². The van der Waals surface area contributed by atoms with Crippen LogP contribution in [0.3, 0.4) is 0 Å². The Labute approximate surface area is 104 Å². The Bertz CT molecular complexity index is 475. The number of hydrogen-bond donors (Lipinski definition) is 0. The number of methoxy groups -OCH3 is 1. The maximum absolute atomic E-state index is 12.9. The van der Waals surface area contributed by atoms with Crippen LogP contribution < -0.4 is 4.74 Å². The van der Waals surface area contributed by atoms with E-state index in [1.807, 2.05) is 0 Å². The van der Waals surface area contributed by atoms with Gasteiger partial charge in [0, 0.05) is 30.8 Å². The van der Waals surface area contributed by atoms with Crippen molar-refractivity contribution in [1.82, 2.24) is 0 Å². The van der Waals surface area contributed by atoms with Gasteiger partial charge in [0.05, 0.1) is 6.61 Å². The molecule has 17 heavy (non-hydrogen) atoms. The molecule has 0 spiro atoms. The Morgan fingerprint density at radius 3 is 2.65 bits per heavy atom. The van der Waals surface area contributed by atoms with Gasteiger partial charge < -0.3 is 9.47 Å². The van der Waals surface area contributed by atoms with Crippen molar-refractivity contribution >= 4 is 19.7 Å². The first kappa shape index (κ1) is 14.2. The fraction of sp³-hybridized carbons (Fsp3) is 0.400. The van der Waals surface area contributed by atoms with E-state index < -0.39 is 14.9 Å². The highest BCUT2D eigenvalue weighted by Crippen LogP contribution is 2.27. The van der Waals surface area contributed by atoms with Crippen molar-refractivity contribution in [1.29, 1.82) is 0 Å². The van der Waals surface area contributed by atoms with Gasteiger partial charge in [0.1, 0.15) is 16.5 Å².